The van der Waals surface area contributed by atoms with Crippen molar-refractivity contribution >= 4 is 0 Å². The van der Waals surface area contributed by atoms with Crippen LogP contribution in [0.3, 0.4) is 0 Å². The second kappa shape index (κ2) is 3.91. The second-order valence-electron chi connectivity index (χ2n) is 2.54. The van der Waals surface area contributed by atoms with Crippen LogP contribution in [0, 0.1) is 10.1 Å². The van der Waals surface area contributed by atoms with Gasteiger partial charge in [-0.3, -0.25) is 10.1 Å². The van der Waals surface area contributed by atoms with Gasteiger partial charge in [0, 0.05) is 6.42 Å². The molecule has 0 aromatic heterocycles. The van der Waals surface area contributed by atoms with Crippen LogP contribution >= 0.6 is 0 Å². The fourth-order valence-corrected chi connectivity index (χ4v) is 1.08. The summed E-state index contributed by atoms with van der Waals surface area (Å²) in [5, 5.41) is 10.3. The third kappa shape index (κ3) is 2.53. The molecule has 0 bridgehead atoms. The van der Waals surface area contributed by atoms with Gasteiger partial charge in [-0.1, -0.05) is 12.2 Å². The van der Waals surface area contributed by atoms with Gasteiger partial charge in [0.15, 0.2) is 0 Å². The maximum atomic E-state index is 10.3. The lowest BCUT2D eigenvalue weighted by Gasteiger charge is -1.98. The van der Waals surface area contributed by atoms with Crippen molar-refractivity contribution < 1.29 is 4.92 Å². The molecule has 0 amide bonds. The summed E-state index contributed by atoms with van der Waals surface area (Å²) in [6, 6.07) is 0. The van der Waals surface area contributed by atoms with Gasteiger partial charge in [0.2, 0.25) is 5.70 Å². The van der Waals surface area contributed by atoms with Crippen molar-refractivity contribution in [2.75, 3.05) is 0 Å². The first kappa shape index (κ1) is 7.98. The summed E-state index contributed by atoms with van der Waals surface area (Å²) in [7, 11) is 0. The Morgan fingerprint density at radius 1 is 1.27 bits per heavy atom. The molecule has 0 unspecified atom stereocenters. The lowest BCUT2D eigenvalue weighted by Crippen LogP contribution is -1.99. The van der Waals surface area contributed by atoms with E-state index in [1.54, 1.807) is 6.08 Å². The summed E-state index contributed by atoms with van der Waals surface area (Å²) < 4.78 is 0. The van der Waals surface area contributed by atoms with Crippen LogP contribution in [-0.2, 0) is 0 Å². The molecule has 0 saturated heterocycles. The molecule has 3 heteroatoms. The monoisotopic (exact) mass is 153 g/mol. The molecule has 1 aliphatic rings. The third-order valence-corrected chi connectivity index (χ3v) is 1.68. The Morgan fingerprint density at radius 2 is 2.00 bits per heavy atom. The number of allylic oxidation sites excluding steroid dienone is 4. The highest BCUT2D eigenvalue weighted by Gasteiger charge is 2.08. The van der Waals surface area contributed by atoms with Crippen molar-refractivity contribution in [2.24, 2.45) is 0 Å². The van der Waals surface area contributed by atoms with Gasteiger partial charge < -0.3 is 0 Å². The minimum absolute atomic E-state index is 0.279. The van der Waals surface area contributed by atoms with Crippen LogP contribution in [0.25, 0.3) is 0 Å². The SMILES string of the molecule is O=[N+]([O-])C1=CCCC=CCC1. The van der Waals surface area contributed by atoms with Crippen LogP contribution in [0.1, 0.15) is 25.7 Å². The van der Waals surface area contributed by atoms with Crippen molar-refractivity contribution in [2.45, 2.75) is 25.7 Å². The Kier molecular flexibility index (Phi) is 2.83. The van der Waals surface area contributed by atoms with E-state index in [-0.39, 0.29) is 4.92 Å². The fourth-order valence-electron chi connectivity index (χ4n) is 1.08. The van der Waals surface area contributed by atoms with Gasteiger partial charge in [0.05, 0.1) is 4.92 Å². The van der Waals surface area contributed by atoms with Crippen LogP contribution in [0.15, 0.2) is 23.9 Å². The molecule has 0 aromatic rings. The van der Waals surface area contributed by atoms with Crippen molar-refractivity contribution in [1.82, 2.24) is 0 Å². The lowest BCUT2D eigenvalue weighted by molar-refractivity contribution is -0.428. The van der Waals surface area contributed by atoms with E-state index in [0.717, 1.165) is 19.3 Å². The molecule has 11 heavy (non-hydrogen) atoms. The Hall–Kier alpha value is -1.12. The number of rotatable bonds is 1. The van der Waals surface area contributed by atoms with Gasteiger partial charge in [-0.25, -0.2) is 0 Å². The summed E-state index contributed by atoms with van der Waals surface area (Å²) in [5.74, 6) is 0. The first-order valence-corrected chi connectivity index (χ1v) is 3.79. The smallest absolute Gasteiger partial charge is 0.242 e. The molecular weight excluding hydrogens is 142 g/mol. The molecule has 60 valence electrons. The summed E-state index contributed by atoms with van der Waals surface area (Å²) in [6.45, 7) is 0. The first-order chi connectivity index (χ1) is 5.30. The highest BCUT2D eigenvalue weighted by molar-refractivity contribution is 4.99. The lowest BCUT2D eigenvalue weighted by atomic mass is 10.1. The average molecular weight is 153 g/mol. The van der Waals surface area contributed by atoms with Gasteiger partial charge in [0.25, 0.3) is 0 Å². The van der Waals surface area contributed by atoms with E-state index in [1.807, 2.05) is 6.08 Å². The maximum absolute atomic E-state index is 10.3. The quantitative estimate of drug-likeness (QED) is 0.329. The van der Waals surface area contributed by atoms with E-state index < -0.39 is 0 Å². The highest BCUT2D eigenvalue weighted by atomic mass is 16.6. The minimum Gasteiger partial charge on any atom is -0.259 e. The van der Waals surface area contributed by atoms with Crippen molar-refractivity contribution in [3.8, 4) is 0 Å². The van der Waals surface area contributed by atoms with E-state index in [9.17, 15) is 10.1 Å². The number of nitro groups is 1. The van der Waals surface area contributed by atoms with Crippen LogP contribution in [-0.4, -0.2) is 4.92 Å². The van der Waals surface area contributed by atoms with Crippen LogP contribution < -0.4 is 0 Å². The predicted molar refractivity (Wildman–Crippen MR) is 42.7 cm³/mol. The Labute approximate surface area is 65.6 Å². The molecule has 0 saturated carbocycles. The van der Waals surface area contributed by atoms with Crippen LogP contribution in [0.5, 0.6) is 0 Å². The standard InChI is InChI=1S/C8H11NO2/c10-9(11)8-6-4-2-1-3-5-7-8/h1-2,7H,3-6H2. The second-order valence-corrected chi connectivity index (χ2v) is 2.54. The molecule has 0 spiro atoms. The highest BCUT2D eigenvalue weighted by Crippen LogP contribution is 2.12. The Morgan fingerprint density at radius 3 is 2.73 bits per heavy atom. The van der Waals surface area contributed by atoms with E-state index >= 15 is 0 Å². The zero-order chi connectivity index (χ0) is 8.10. The number of hydrogen-bond donors (Lipinski definition) is 0. The normalized spacial score (nSPS) is 18.4. The van der Waals surface area contributed by atoms with Gasteiger partial charge in [-0.05, 0) is 25.3 Å². The third-order valence-electron chi connectivity index (χ3n) is 1.68. The van der Waals surface area contributed by atoms with Gasteiger partial charge in [0.1, 0.15) is 0 Å². The Bertz CT molecular complexity index is 206. The zero-order valence-corrected chi connectivity index (χ0v) is 6.32. The van der Waals surface area contributed by atoms with E-state index in [2.05, 4.69) is 6.08 Å². The molecule has 0 fully saturated rings. The molecule has 0 atom stereocenters. The molecule has 0 N–H and O–H groups in total. The van der Waals surface area contributed by atoms with Crippen molar-refractivity contribution in [3.63, 3.8) is 0 Å². The van der Waals surface area contributed by atoms with Gasteiger partial charge >= 0.3 is 0 Å². The van der Waals surface area contributed by atoms with Crippen molar-refractivity contribution in [3.05, 3.63) is 34.0 Å². The average Bonchev–Trinajstić information content (AvgIpc) is 1.84. The van der Waals surface area contributed by atoms with Gasteiger partial charge in [-0.15, -0.1) is 0 Å². The molecule has 1 rings (SSSR count). The minimum atomic E-state index is -0.279. The predicted octanol–water partition coefficient (Wildman–Crippen LogP) is 2.28. The summed E-state index contributed by atoms with van der Waals surface area (Å²) in [4.78, 5) is 10.1. The van der Waals surface area contributed by atoms with E-state index in [4.69, 9.17) is 0 Å². The summed E-state index contributed by atoms with van der Waals surface area (Å²) in [6.07, 6.45) is 8.91. The molecule has 3 nitrogen and oxygen atoms in total. The number of hydrogen-bond acceptors (Lipinski definition) is 2. The molecule has 0 aliphatic heterocycles. The van der Waals surface area contributed by atoms with Crippen LogP contribution in [0.4, 0.5) is 0 Å². The first-order valence-electron chi connectivity index (χ1n) is 3.79. The zero-order valence-electron chi connectivity index (χ0n) is 6.32. The summed E-state index contributed by atoms with van der Waals surface area (Å²) in [5.41, 5.74) is 0.370. The Balaban J connectivity index is 2.57. The molecule has 0 heterocycles. The number of nitrogens with zero attached hydrogens (tertiary/aromatic N) is 1. The largest absolute Gasteiger partial charge is 0.259 e. The van der Waals surface area contributed by atoms with Crippen molar-refractivity contribution in [1.29, 1.82) is 0 Å². The topological polar surface area (TPSA) is 43.1 Å². The molecular formula is C8H11NO2. The molecule has 1 aliphatic carbocycles. The molecule has 0 radical (unpaired) electrons. The molecule has 0 aromatic carbocycles. The maximum Gasteiger partial charge on any atom is 0.242 e. The van der Waals surface area contributed by atoms with Gasteiger partial charge in [-0.2, -0.15) is 0 Å². The van der Waals surface area contributed by atoms with E-state index in [1.165, 1.54) is 0 Å². The summed E-state index contributed by atoms with van der Waals surface area (Å²) >= 11 is 0. The van der Waals surface area contributed by atoms with Crippen LogP contribution in [0.2, 0.25) is 0 Å². The fraction of sp³-hybridized carbons (Fsp3) is 0.500. The van der Waals surface area contributed by atoms with E-state index in [0.29, 0.717) is 12.1 Å².